The molecule has 0 radical (unpaired) electrons. The minimum Gasteiger partial charge on any atom is -0.259 e. The van der Waals surface area contributed by atoms with Gasteiger partial charge in [-0.15, -0.1) is 0 Å². The van der Waals surface area contributed by atoms with Crippen molar-refractivity contribution in [1.29, 1.82) is 0 Å². The maximum atomic E-state index is 15.1. The van der Waals surface area contributed by atoms with Crippen LogP contribution in [0.4, 0.5) is 8.78 Å². The van der Waals surface area contributed by atoms with Crippen molar-refractivity contribution in [2.24, 2.45) is 11.8 Å². The van der Waals surface area contributed by atoms with Crippen LogP contribution in [-0.4, -0.2) is 9.97 Å². The van der Waals surface area contributed by atoms with E-state index in [1.54, 1.807) is 24.4 Å². The highest BCUT2D eigenvalue weighted by Crippen LogP contribution is 2.36. The van der Waals surface area contributed by atoms with Crippen molar-refractivity contribution in [2.75, 3.05) is 0 Å². The van der Waals surface area contributed by atoms with E-state index in [2.05, 4.69) is 25.8 Å². The third kappa shape index (κ3) is 5.99. The van der Waals surface area contributed by atoms with Gasteiger partial charge in [-0.3, -0.25) is 9.97 Å². The highest BCUT2D eigenvalue weighted by Gasteiger charge is 2.26. The van der Waals surface area contributed by atoms with E-state index >= 15 is 4.39 Å². The van der Waals surface area contributed by atoms with Crippen LogP contribution in [0, 0.1) is 30.4 Å². The molecule has 5 heteroatoms. The van der Waals surface area contributed by atoms with E-state index in [9.17, 15) is 4.39 Å². The molecule has 2 aromatic carbocycles. The second-order valence-corrected chi connectivity index (χ2v) is 10.3. The number of halogens is 3. The van der Waals surface area contributed by atoms with Crippen LogP contribution in [0.25, 0.3) is 0 Å². The molecule has 0 aliphatic carbocycles. The molecule has 2 aromatic heterocycles. The van der Waals surface area contributed by atoms with Gasteiger partial charge in [-0.05, 0) is 84.3 Å². The molecule has 0 amide bonds. The fourth-order valence-electron chi connectivity index (χ4n) is 5.08. The summed E-state index contributed by atoms with van der Waals surface area (Å²) in [6.07, 6.45) is 2.16. The van der Waals surface area contributed by atoms with Gasteiger partial charge in [-0.1, -0.05) is 62.7 Å². The highest BCUT2D eigenvalue weighted by molar-refractivity contribution is 6.30. The molecule has 0 fully saturated rings. The summed E-state index contributed by atoms with van der Waals surface area (Å²) in [7, 11) is 0. The van der Waals surface area contributed by atoms with Crippen LogP contribution >= 0.6 is 11.6 Å². The number of hydrogen-bond donors (Lipinski definition) is 0. The predicted molar refractivity (Wildman–Crippen MR) is 142 cm³/mol. The summed E-state index contributed by atoms with van der Waals surface area (Å²) in [5, 5.41) is 0.589. The smallest absolute Gasteiger partial charge is 0.126 e. The van der Waals surface area contributed by atoms with Crippen molar-refractivity contribution < 1.29 is 8.78 Å². The van der Waals surface area contributed by atoms with Crippen LogP contribution < -0.4 is 0 Å². The summed E-state index contributed by atoms with van der Waals surface area (Å²) in [5.74, 6) is -0.321. The summed E-state index contributed by atoms with van der Waals surface area (Å²) in [4.78, 5) is 9.31. The van der Waals surface area contributed by atoms with Gasteiger partial charge >= 0.3 is 0 Å². The molecule has 2 nitrogen and oxygen atoms in total. The Balaban J connectivity index is 1.70. The normalized spacial score (nSPS) is 14.0. The number of aromatic nitrogens is 2. The van der Waals surface area contributed by atoms with Crippen LogP contribution in [0.2, 0.25) is 5.02 Å². The summed E-state index contributed by atoms with van der Waals surface area (Å²) in [6, 6.07) is 21.6. The van der Waals surface area contributed by atoms with Gasteiger partial charge in [0.25, 0.3) is 0 Å². The lowest BCUT2D eigenvalue weighted by atomic mass is 9.79. The van der Waals surface area contributed by atoms with E-state index in [-0.39, 0.29) is 35.3 Å². The summed E-state index contributed by atoms with van der Waals surface area (Å²) < 4.78 is 28.8. The lowest BCUT2D eigenvalue weighted by Gasteiger charge is -2.26. The Hall–Kier alpha value is -3.11. The first-order valence-corrected chi connectivity index (χ1v) is 12.7. The second kappa shape index (κ2) is 11.3. The second-order valence-electron chi connectivity index (χ2n) is 9.89. The van der Waals surface area contributed by atoms with Gasteiger partial charge in [-0.25, -0.2) is 8.78 Å². The molecule has 3 unspecified atom stereocenters. The molecule has 0 aliphatic heterocycles. The summed E-state index contributed by atoms with van der Waals surface area (Å²) in [6.45, 7) is 8.34. The molecular weight excluding hydrogens is 474 g/mol. The van der Waals surface area contributed by atoms with E-state index < -0.39 is 0 Å². The minimum atomic E-state index is -0.281. The topological polar surface area (TPSA) is 25.8 Å². The SMILES string of the molecule is Cc1cccc(C(c2ccc(F)cc2)C(C)Cc2cc(C(c3ccc(Cl)cn3)C(C)C)ccc2F)n1. The molecule has 186 valence electrons. The molecule has 3 atom stereocenters. The average molecular weight is 505 g/mol. The lowest BCUT2D eigenvalue weighted by molar-refractivity contribution is 0.483. The number of benzene rings is 2. The highest BCUT2D eigenvalue weighted by atomic mass is 35.5. The van der Waals surface area contributed by atoms with Crippen LogP contribution in [0.3, 0.4) is 0 Å². The zero-order chi connectivity index (χ0) is 25.8. The predicted octanol–water partition coefficient (Wildman–Crippen LogP) is 8.52. The Morgan fingerprint density at radius 1 is 0.806 bits per heavy atom. The van der Waals surface area contributed by atoms with Crippen LogP contribution in [0.5, 0.6) is 0 Å². The van der Waals surface area contributed by atoms with E-state index in [1.807, 2.05) is 49.4 Å². The van der Waals surface area contributed by atoms with Crippen molar-refractivity contribution in [2.45, 2.75) is 46.0 Å². The number of hydrogen-bond acceptors (Lipinski definition) is 2. The molecule has 4 rings (SSSR count). The van der Waals surface area contributed by atoms with Crippen molar-refractivity contribution in [3.8, 4) is 0 Å². The molecule has 0 saturated carbocycles. The Morgan fingerprint density at radius 3 is 2.17 bits per heavy atom. The van der Waals surface area contributed by atoms with Gasteiger partial charge in [0.05, 0.1) is 5.02 Å². The number of aryl methyl sites for hydroxylation is 1. The van der Waals surface area contributed by atoms with E-state index in [0.29, 0.717) is 17.0 Å². The van der Waals surface area contributed by atoms with Crippen LogP contribution in [0.1, 0.15) is 66.4 Å². The van der Waals surface area contributed by atoms with E-state index in [1.165, 1.54) is 12.1 Å². The van der Waals surface area contributed by atoms with Gasteiger partial charge in [0, 0.05) is 35.1 Å². The zero-order valence-electron chi connectivity index (χ0n) is 21.1. The van der Waals surface area contributed by atoms with Crippen molar-refractivity contribution in [1.82, 2.24) is 9.97 Å². The van der Waals surface area contributed by atoms with E-state index in [4.69, 9.17) is 16.6 Å². The quantitative estimate of drug-likeness (QED) is 0.240. The molecule has 4 aromatic rings. The Bertz CT molecular complexity index is 1300. The fraction of sp³-hybridized carbons (Fsp3) is 0.290. The maximum absolute atomic E-state index is 15.1. The monoisotopic (exact) mass is 504 g/mol. The van der Waals surface area contributed by atoms with Crippen molar-refractivity contribution >= 4 is 11.6 Å². The third-order valence-corrected chi connectivity index (χ3v) is 6.96. The zero-order valence-corrected chi connectivity index (χ0v) is 21.8. The van der Waals surface area contributed by atoms with E-state index in [0.717, 1.165) is 28.2 Å². The standard InChI is InChI=1S/C31H31ClF2N2/c1-19(2)30(28-15-11-25(32)18-35-28)23-10-14-27(34)24(17-23)16-20(3)31(22-8-12-26(33)13-9-22)29-7-5-6-21(4)36-29/h5-15,17-20,30-31H,16H2,1-4H3. The first kappa shape index (κ1) is 26.0. The molecule has 36 heavy (non-hydrogen) atoms. The third-order valence-electron chi connectivity index (χ3n) is 6.73. The number of pyridine rings is 2. The van der Waals surface area contributed by atoms with Gasteiger partial charge in [0.1, 0.15) is 11.6 Å². The van der Waals surface area contributed by atoms with Crippen molar-refractivity contribution in [3.63, 3.8) is 0 Å². The lowest BCUT2D eigenvalue weighted by Crippen LogP contribution is -2.17. The molecule has 0 saturated heterocycles. The molecule has 0 N–H and O–H groups in total. The maximum Gasteiger partial charge on any atom is 0.126 e. The Labute approximate surface area is 217 Å². The molecule has 0 aliphatic rings. The van der Waals surface area contributed by atoms with Crippen LogP contribution in [-0.2, 0) is 6.42 Å². The largest absolute Gasteiger partial charge is 0.259 e. The average Bonchev–Trinajstić information content (AvgIpc) is 2.84. The minimum absolute atomic E-state index is 0.0145. The first-order chi connectivity index (χ1) is 17.2. The van der Waals surface area contributed by atoms with Gasteiger partial charge in [-0.2, -0.15) is 0 Å². The van der Waals surface area contributed by atoms with Gasteiger partial charge in [0.2, 0.25) is 0 Å². The Morgan fingerprint density at radius 2 is 1.53 bits per heavy atom. The van der Waals surface area contributed by atoms with Gasteiger partial charge in [0.15, 0.2) is 0 Å². The molecule has 2 heterocycles. The van der Waals surface area contributed by atoms with Gasteiger partial charge < -0.3 is 0 Å². The molecular formula is C31H31ClF2N2. The first-order valence-electron chi connectivity index (χ1n) is 12.3. The molecule has 0 spiro atoms. The van der Waals surface area contributed by atoms with Crippen LogP contribution in [0.15, 0.2) is 79.0 Å². The fourth-order valence-corrected chi connectivity index (χ4v) is 5.19. The molecule has 0 bridgehead atoms. The Kier molecular flexibility index (Phi) is 8.15. The summed E-state index contributed by atoms with van der Waals surface area (Å²) in [5.41, 5.74) is 5.36. The number of rotatable bonds is 8. The van der Waals surface area contributed by atoms with Crippen molar-refractivity contribution in [3.05, 3.63) is 129 Å². The summed E-state index contributed by atoms with van der Waals surface area (Å²) >= 11 is 6.06. The number of nitrogens with zero attached hydrogens (tertiary/aromatic N) is 2.